The van der Waals surface area contributed by atoms with Gasteiger partial charge in [-0.05, 0) is 56.7 Å². The summed E-state index contributed by atoms with van der Waals surface area (Å²) in [6, 6.07) is 5.10. The number of ether oxygens (including phenoxy) is 1. The molecule has 1 aliphatic rings. The monoisotopic (exact) mass is 333 g/mol. The number of benzene rings is 1. The van der Waals surface area contributed by atoms with Gasteiger partial charge in [0.2, 0.25) is 0 Å². The van der Waals surface area contributed by atoms with Gasteiger partial charge in [0.15, 0.2) is 17.5 Å². The summed E-state index contributed by atoms with van der Waals surface area (Å²) in [6.07, 6.45) is 7.45. The number of allylic oxidation sites excluding steroid dienone is 1. The number of guanidine groups is 1. The fourth-order valence-corrected chi connectivity index (χ4v) is 2.32. The molecule has 0 bridgehead atoms. The maximum atomic E-state index is 14.2. The Morgan fingerprint density at radius 3 is 2.88 bits per heavy atom. The van der Waals surface area contributed by atoms with Crippen molar-refractivity contribution in [2.24, 2.45) is 10.9 Å². The van der Waals surface area contributed by atoms with Crippen molar-refractivity contribution >= 4 is 5.96 Å². The molecule has 1 saturated carbocycles. The van der Waals surface area contributed by atoms with Gasteiger partial charge >= 0.3 is 0 Å². The zero-order valence-electron chi connectivity index (χ0n) is 14.8. The predicted octanol–water partition coefficient (Wildman–Crippen LogP) is 3.81. The third-order valence-electron chi connectivity index (χ3n) is 4.04. The average molecular weight is 333 g/mol. The summed E-state index contributed by atoms with van der Waals surface area (Å²) in [5, 5.41) is 6.51. The topological polar surface area (TPSA) is 45.7 Å². The van der Waals surface area contributed by atoms with Crippen molar-refractivity contribution < 1.29 is 9.13 Å². The summed E-state index contributed by atoms with van der Waals surface area (Å²) in [5.74, 6) is 1.35. The van der Waals surface area contributed by atoms with Gasteiger partial charge in [-0.15, -0.1) is 0 Å². The van der Waals surface area contributed by atoms with Gasteiger partial charge in [-0.2, -0.15) is 0 Å². The fraction of sp³-hybridized carbons (Fsp3) is 0.526. The lowest BCUT2D eigenvalue weighted by atomic mass is 10.1. The Labute approximate surface area is 144 Å². The summed E-state index contributed by atoms with van der Waals surface area (Å²) in [6.45, 7) is 5.41. The van der Waals surface area contributed by atoms with Crippen LogP contribution in [0.3, 0.4) is 0 Å². The molecule has 0 heterocycles. The van der Waals surface area contributed by atoms with Crippen LogP contribution in [-0.4, -0.2) is 26.2 Å². The molecule has 1 unspecified atom stereocenters. The van der Waals surface area contributed by atoms with Crippen LogP contribution >= 0.6 is 0 Å². The number of halogens is 1. The average Bonchev–Trinajstić information content (AvgIpc) is 3.40. The van der Waals surface area contributed by atoms with Gasteiger partial charge in [-0.1, -0.05) is 18.2 Å². The second-order valence-corrected chi connectivity index (χ2v) is 6.17. The summed E-state index contributed by atoms with van der Waals surface area (Å²) in [5.41, 5.74) is 0.864. The molecular weight excluding hydrogens is 305 g/mol. The van der Waals surface area contributed by atoms with Crippen molar-refractivity contribution in [3.8, 4) is 5.75 Å². The first-order chi connectivity index (χ1) is 11.6. The maximum absolute atomic E-state index is 14.2. The molecule has 0 saturated heterocycles. The van der Waals surface area contributed by atoms with Crippen molar-refractivity contribution in [3.63, 3.8) is 0 Å². The molecule has 132 valence electrons. The van der Waals surface area contributed by atoms with E-state index in [1.54, 1.807) is 13.1 Å². The molecule has 2 N–H and O–H groups in total. The van der Waals surface area contributed by atoms with Crippen LogP contribution in [0, 0.1) is 11.7 Å². The quantitative estimate of drug-likeness (QED) is 0.329. The highest BCUT2D eigenvalue weighted by atomic mass is 19.1. The van der Waals surface area contributed by atoms with E-state index >= 15 is 0 Å². The van der Waals surface area contributed by atoms with Gasteiger partial charge in [-0.3, -0.25) is 4.99 Å². The van der Waals surface area contributed by atoms with Crippen LogP contribution in [0.5, 0.6) is 5.75 Å². The second-order valence-electron chi connectivity index (χ2n) is 6.17. The molecule has 24 heavy (non-hydrogen) atoms. The Morgan fingerprint density at radius 1 is 1.46 bits per heavy atom. The van der Waals surface area contributed by atoms with E-state index in [1.807, 2.05) is 26.0 Å². The largest absolute Gasteiger partial charge is 0.490 e. The van der Waals surface area contributed by atoms with Gasteiger partial charge in [0.05, 0.1) is 12.6 Å². The Hall–Kier alpha value is -2.04. The highest BCUT2D eigenvalue weighted by Gasteiger charge is 2.22. The number of aliphatic imine (C=N–C) groups is 1. The zero-order chi connectivity index (χ0) is 17.4. The number of nitrogens with zero attached hydrogens (tertiary/aromatic N) is 1. The molecule has 0 amide bonds. The smallest absolute Gasteiger partial charge is 0.191 e. The minimum absolute atomic E-state index is 0.0510. The molecule has 1 aromatic rings. The van der Waals surface area contributed by atoms with Crippen molar-refractivity contribution in [3.05, 3.63) is 41.7 Å². The summed E-state index contributed by atoms with van der Waals surface area (Å²) >= 11 is 0. The van der Waals surface area contributed by atoms with Crippen LogP contribution in [0.1, 0.15) is 44.7 Å². The number of hydrogen-bond donors (Lipinski definition) is 2. The summed E-state index contributed by atoms with van der Waals surface area (Å²) < 4.78 is 19.7. The van der Waals surface area contributed by atoms with E-state index in [4.69, 9.17) is 4.74 Å². The Kier molecular flexibility index (Phi) is 7.09. The van der Waals surface area contributed by atoms with Crippen molar-refractivity contribution in [1.29, 1.82) is 0 Å². The lowest BCUT2D eigenvalue weighted by Gasteiger charge is -2.18. The third kappa shape index (κ3) is 5.87. The highest BCUT2D eigenvalue weighted by Crippen LogP contribution is 2.30. The maximum Gasteiger partial charge on any atom is 0.191 e. The molecule has 1 atom stereocenters. The standard InChI is InChI=1S/C19H28FN3O/c1-4-5-6-11-22-19(21-3)23-14(2)16-9-10-18(17(20)12-16)24-13-15-7-8-15/h4-5,9-10,12,14-15H,6-8,11,13H2,1-3H3,(H2,21,22,23)/b5-4+. The molecule has 4 nitrogen and oxygen atoms in total. The fourth-order valence-electron chi connectivity index (χ4n) is 2.32. The highest BCUT2D eigenvalue weighted by molar-refractivity contribution is 5.80. The van der Waals surface area contributed by atoms with Crippen molar-refractivity contribution in [2.45, 2.75) is 39.2 Å². The molecule has 1 fully saturated rings. The minimum atomic E-state index is -0.308. The molecule has 1 aromatic carbocycles. The third-order valence-corrected chi connectivity index (χ3v) is 4.04. The van der Waals surface area contributed by atoms with E-state index < -0.39 is 0 Å². The van der Waals surface area contributed by atoms with Gasteiger partial charge in [0.25, 0.3) is 0 Å². The Bertz CT molecular complexity index is 582. The van der Waals surface area contributed by atoms with E-state index in [1.165, 1.54) is 18.9 Å². The van der Waals surface area contributed by atoms with Crippen molar-refractivity contribution in [2.75, 3.05) is 20.2 Å². The van der Waals surface area contributed by atoms with Crippen LogP contribution < -0.4 is 15.4 Å². The van der Waals surface area contributed by atoms with E-state index in [2.05, 4.69) is 21.7 Å². The molecular formula is C19H28FN3O. The normalized spacial score (nSPS) is 16.2. The van der Waals surface area contributed by atoms with E-state index in [0.29, 0.717) is 24.2 Å². The summed E-state index contributed by atoms with van der Waals surface area (Å²) in [7, 11) is 1.73. The van der Waals surface area contributed by atoms with Crippen molar-refractivity contribution in [1.82, 2.24) is 10.6 Å². The van der Waals surface area contributed by atoms with E-state index in [0.717, 1.165) is 18.5 Å². The molecule has 2 rings (SSSR count). The Morgan fingerprint density at radius 2 is 2.25 bits per heavy atom. The van der Waals surface area contributed by atoms with Crippen LogP contribution in [0.4, 0.5) is 4.39 Å². The first-order valence-electron chi connectivity index (χ1n) is 8.64. The molecule has 0 spiro atoms. The second kappa shape index (κ2) is 9.30. The minimum Gasteiger partial charge on any atom is -0.490 e. The first-order valence-corrected chi connectivity index (χ1v) is 8.64. The van der Waals surface area contributed by atoms with Crippen LogP contribution in [-0.2, 0) is 0 Å². The van der Waals surface area contributed by atoms with Crippen LogP contribution in [0.15, 0.2) is 35.3 Å². The molecule has 1 aliphatic carbocycles. The predicted molar refractivity (Wildman–Crippen MR) is 97.0 cm³/mol. The van der Waals surface area contributed by atoms with E-state index in [-0.39, 0.29) is 11.9 Å². The van der Waals surface area contributed by atoms with Crippen LogP contribution in [0.2, 0.25) is 0 Å². The molecule has 5 heteroatoms. The molecule has 0 aliphatic heterocycles. The summed E-state index contributed by atoms with van der Waals surface area (Å²) in [4.78, 5) is 4.20. The SMILES string of the molecule is C/C=C/CCNC(=NC)NC(C)c1ccc(OCC2CC2)c(F)c1. The lowest BCUT2D eigenvalue weighted by Crippen LogP contribution is -2.39. The van der Waals surface area contributed by atoms with Gasteiger partial charge < -0.3 is 15.4 Å². The van der Waals surface area contributed by atoms with Crippen LogP contribution in [0.25, 0.3) is 0 Å². The zero-order valence-corrected chi connectivity index (χ0v) is 14.8. The van der Waals surface area contributed by atoms with Gasteiger partial charge in [0, 0.05) is 13.6 Å². The first kappa shape index (κ1) is 18.3. The van der Waals surface area contributed by atoms with E-state index in [9.17, 15) is 4.39 Å². The molecule has 0 radical (unpaired) electrons. The van der Waals surface area contributed by atoms with Gasteiger partial charge in [-0.25, -0.2) is 4.39 Å². The molecule has 0 aromatic heterocycles. The van der Waals surface area contributed by atoms with Gasteiger partial charge in [0.1, 0.15) is 0 Å². The lowest BCUT2D eigenvalue weighted by molar-refractivity contribution is 0.285. The Balaban J connectivity index is 1.87. The number of nitrogens with one attached hydrogen (secondary N) is 2. The number of rotatable bonds is 8. The number of hydrogen-bond acceptors (Lipinski definition) is 2.